The van der Waals surface area contributed by atoms with E-state index in [4.69, 9.17) is 4.74 Å². The van der Waals surface area contributed by atoms with Crippen LogP contribution in [-0.2, 0) is 0 Å². The molecule has 0 radical (unpaired) electrons. The summed E-state index contributed by atoms with van der Waals surface area (Å²) in [5, 5.41) is 21.6. The Kier molecular flexibility index (Phi) is 4.49. The summed E-state index contributed by atoms with van der Waals surface area (Å²) in [5.41, 5.74) is -0.00676. The van der Waals surface area contributed by atoms with Gasteiger partial charge in [-0.1, -0.05) is 0 Å². The number of rotatable bonds is 5. The average Bonchev–Trinajstić information content (AvgIpc) is 2.48. The molecule has 0 spiro atoms. The van der Waals surface area contributed by atoms with Gasteiger partial charge in [0.05, 0.1) is 0 Å². The van der Waals surface area contributed by atoms with Crippen LogP contribution >= 0.6 is 0 Å². The molecule has 1 aromatic heterocycles. The molecular formula is C12H10AsN3O5. The van der Waals surface area contributed by atoms with Crippen LogP contribution in [-0.4, -0.2) is 37.7 Å². The van der Waals surface area contributed by atoms with Gasteiger partial charge in [0.15, 0.2) is 0 Å². The first-order valence-electron chi connectivity index (χ1n) is 5.71. The summed E-state index contributed by atoms with van der Waals surface area (Å²) >= 11 is -1.01. The first-order valence-corrected chi connectivity index (χ1v) is 7.81. The SMILES string of the molecule is COc1ccc([AsH]c2ccc([N+](=O)[O-])nc2)c([N+](=O)[O-])c1. The molecule has 0 bridgehead atoms. The fraction of sp³-hybridized carbons (Fsp3) is 0.0833. The van der Waals surface area contributed by atoms with E-state index in [0.29, 0.717) is 10.1 Å². The van der Waals surface area contributed by atoms with Crippen molar-refractivity contribution in [2.45, 2.75) is 0 Å². The van der Waals surface area contributed by atoms with Gasteiger partial charge in [0.2, 0.25) is 0 Å². The van der Waals surface area contributed by atoms with Gasteiger partial charge in [-0.25, -0.2) is 0 Å². The van der Waals surface area contributed by atoms with Crippen LogP contribution in [0.15, 0.2) is 36.5 Å². The molecule has 0 N–H and O–H groups in total. The van der Waals surface area contributed by atoms with Crippen LogP contribution < -0.4 is 13.4 Å². The van der Waals surface area contributed by atoms with Gasteiger partial charge in [0.25, 0.3) is 0 Å². The van der Waals surface area contributed by atoms with E-state index in [1.807, 2.05) is 0 Å². The Morgan fingerprint density at radius 2 is 1.90 bits per heavy atom. The molecule has 8 nitrogen and oxygen atoms in total. The van der Waals surface area contributed by atoms with Crippen molar-refractivity contribution in [3.8, 4) is 5.75 Å². The summed E-state index contributed by atoms with van der Waals surface area (Å²) < 4.78 is 6.35. The van der Waals surface area contributed by atoms with Crippen molar-refractivity contribution in [2.75, 3.05) is 7.11 Å². The van der Waals surface area contributed by atoms with E-state index in [0.717, 1.165) is 4.35 Å². The maximum atomic E-state index is 11.1. The number of hydrogen-bond acceptors (Lipinski definition) is 6. The van der Waals surface area contributed by atoms with Gasteiger partial charge in [0, 0.05) is 0 Å². The van der Waals surface area contributed by atoms with E-state index in [1.165, 1.54) is 25.4 Å². The van der Waals surface area contributed by atoms with E-state index in [2.05, 4.69) is 4.98 Å². The molecule has 1 unspecified atom stereocenters. The Labute approximate surface area is 125 Å². The number of nitrogens with zero attached hydrogens (tertiary/aromatic N) is 3. The zero-order chi connectivity index (χ0) is 15.4. The average molecular weight is 351 g/mol. The minimum absolute atomic E-state index is 0.00676. The van der Waals surface area contributed by atoms with Crippen LogP contribution in [0.25, 0.3) is 0 Å². The Hall–Kier alpha value is -2.47. The fourth-order valence-electron chi connectivity index (χ4n) is 1.62. The number of nitro groups is 2. The number of pyridine rings is 1. The third kappa shape index (κ3) is 3.55. The van der Waals surface area contributed by atoms with E-state index < -0.39 is 25.6 Å². The molecule has 0 aliphatic carbocycles. The second-order valence-electron chi connectivity index (χ2n) is 3.93. The van der Waals surface area contributed by atoms with Gasteiger partial charge >= 0.3 is 125 Å². The van der Waals surface area contributed by atoms with Gasteiger partial charge in [-0.15, -0.1) is 0 Å². The Morgan fingerprint density at radius 1 is 1.14 bits per heavy atom. The Bertz CT molecular complexity index is 690. The predicted molar refractivity (Wildman–Crippen MR) is 77.0 cm³/mol. The van der Waals surface area contributed by atoms with Crippen molar-refractivity contribution in [2.24, 2.45) is 0 Å². The van der Waals surface area contributed by atoms with Crippen LogP contribution in [0.4, 0.5) is 11.5 Å². The third-order valence-electron chi connectivity index (χ3n) is 2.62. The summed E-state index contributed by atoms with van der Waals surface area (Å²) in [6.45, 7) is 0. The third-order valence-corrected chi connectivity index (χ3v) is 5.29. The monoisotopic (exact) mass is 351 g/mol. The zero-order valence-electron chi connectivity index (χ0n) is 10.8. The second-order valence-corrected chi connectivity index (χ2v) is 6.79. The first-order chi connectivity index (χ1) is 10.0. The summed E-state index contributed by atoms with van der Waals surface area (Å²) in [7, 11) is 1.44. The van der Waals surface area contributed by atoms with Crippen molar-refractivity contribution < 1.29 is 14.6 Å². The van der Waals surface area contributed by atoms with Crippen molar-refractivity contribution in [1.29, 1.82) is 0 Å². The molecule has 1 aromatic carbocycles. The Morgan fingerprint density at radius 3 is 2.43 bits per heavy atom. The van der Waals surface area contributed by atoms with Gasteiger partial charge in [-0.05, 0) is 0 Å². The van der Waals surface area contributed by atoms with Gasteiger partial charge in [-0.3, -0.25) is 0 Å². The molecule has 0 amide bonds. The van der Waals surface area contributed by atoms with E-state index in [1.54, 1.807) is 18.2 Å². The molecule has 21 heavy (non-hydrogen) atoms. The topological polar surface area (TPSA) is 108 Å². The van der Waals surface area contributed by atoms with E-state index in [-0.39, 0.29) is 11.5 Å². The second kappa shape index (κ2) is 6.32. The summed E-state index contributed by atoms with van der Waals surface area (Å²) in [4.78, 5) is 24.3. The molecule has 9 heteroatoms. The number of nitro benzene ring substituents is 1. The molecular weight excluding hydrogens is 341 g/mol. The normalized spacial score (nSPS) is 10.7. The van der Waals surface area contributed by atoms with Crippen LogP contribution in [0.2, 0.25) is 0 Å². The van der Waals surface area contributed by atoms with E-state index >= 15 is 0 Å². The molecule has 0 fully saturated rings. The van der Waals surface area contributed by atoms with Crippen LogP contribution in [0.5, 0.6) is 5.75 Å². The van der Waals surface area contributed by atoms with Crippen molar-refractivity contribution >= 4 is 36.0 Å². The van der Waals surface area contributed by atoms with Crippen molar-refractivity contribution in [3.63, 3.8) is 0 Å². The molecule has 2 aromatic rings. The standard InChI is InChI=1S/C12H10AsN3O5/c1-21-9-3-4-10(11(6-9)15(17)18)13-8-2-5-12(14-7-8)16(19)20/h2-7,13H,1H3. The van der Waals surface area contributed by atoms with Gasteiger partial charge < -0.3 is 0 Å². The summed E-state index contributed by atoms with van der Waals surface area (Å²) in [5.74, 6) is 0.174. The van der Waals surface area contributed by atoms with Crippen molar-refractivity contribution in [3.05, 3.63) is 56.8 Å². The number of aromatic nitrogens is 1. The van der Waals surface area contributed by atoms with Gasteiger partial charge in [0.1, 0.15) is 0 Å². The molecule has 0 aliphatic rings. The number of hydrogen-bond donors (Lipinski definition) is 0. The van der Waals surface area contributed by atoms with E-state index in [9.17, 15) is 20.2 Å². The molecule has 0 saturated heterocycles. The maximum absolute atomic E-state index is 11.1. The van der Waals surface area contributed by atoms with Crippen molar-refractivity contribution in [1.82, 2.24) is 4.98 Å². The number of ether oxygens (including phenoxy) is 1. The van der Waals surface area contributed by atoms with Crippen LogP contribution in [0.1, 0.15) is 0 Å². The fourth-order valence-corrected chi connectivity index (χ4v) is 3.85. The van der Waals surface area contributed by atoms with Crippen LogP contribution in [0.3, 0.4) is 0 Å². The van der Waals surface area contributed by atoms with Crippen LogP contribution in [0, 0.1) is 20.2 Å². The molecule has 0 saturated carbocycles. The van der Waals surface area contributed by atoms with Gasteiger partial charge in [-0.2, -0.15) is 0 Å². The minimum atomic E-state index is -1.01. The first kappa shape index (κ1) is 14.9. The molecule has 0 aliphatic heterocycles. The number of methoxy groups -OCH3 is 1. The summed E-state index contributed by atoms with van der Waals surface area (Å²) in [6, 6.07) is 7.56. The molecule has 1 atom stereocenters. The predicted octanol–water partition coefficient (Wildman–Crippen LogP) is 0.294. The molecule has 108 valence electrons. The molecule has 2 rings (SSSR count). The quantitative estimate of drug-likeness (QED) is 0.435. The summed E-state index contributed by atoms with van der Waals surface area (Å²) in [6.07, 6.45) is 1.39. The Balaban J connectivity index is 2.30. The molecule has 1 heterocycles. The zero-order valence-corrected chi connectivity index (χ0v) is 12.9. The number of benzene rings is 1.